The molecule has 0 aliphatic heterocycles. The predicted molar refractivity (Wildman–Crippen MR) is 86.0 cm³/mol. The van der Waals surface area contributed by atoms with Crippen molar-refractivity contribution in [1.29, 1.82) is 0 Å². The van der Waals surface area contributed by atoms with Gasteiger partial charge in [0, 0.05) is 19.1 Å². The lowest BCUT2D eigenvalue weighted by Crippen LogP contribution is -2.28. The molecular weight excluding hydrogens is 248 g/mol. The molecule has 0 atom stereocenters. The molecule has 1 N–H and O–H groups in total. The molecule has 4 nitrogen and oxygen atoms in total. The number of nitrogens with zero attached hydrogens (tertiary/aromatic N) is 3. The van der Waals surface area contributed by atoms with Gasteiger partial charge in [-0.05, 0) is 66.2 Å². The Morgan fingerprint density at radius 1 is 1.30 bits per heavy atom. The molecule has 0 amide bonds. The van der Waals surface area contributed by atoms with E-state index in [0.29, 0.717) is 6.04 Å². The van der Waals surface area contributed by atoms with Crippen molar-refractivity contribution >= 4 is 0 Å². The normalized spacial score (nSPS) is 11.8. The SMILES string of the molecule is CCc1cc(CNCCCCN(C)C(C)C)n(CC)n1. The van der Waals surface area contributed by atoms with Crippen molar-refractivity contribution in [1.82, 2.24) is 20.0 Å². The molecule has 20 heavy (non-hydrogen) atoms. The molecule has 0 radical (unpaired) electrons. The van der Waals surface area contributed by atoms with Crippen LogP contribution in [-0.4, -0.2) is 40.9 Å². The maximum absolute atomic E-state index is 4.57. The number of nitrogens with one attached hydrogen (secondary N) is 1. The number of hydrogen-bond donors (Lipinski definition) is 1. The Hall–Kier alpha value is -0.870. The van der Waals surface area contributed by atoms with Gasteiger partial charge in [-0.2, -0.15) is 5.10 Å². The van der Waals surface area contributed by atoms with Crippen LogP contribution in [0.2, 0.25) is 0 Å². The lowest BCUT2D eigenvalue weighted by atomic mass is 10.2. The van der Waals surface area contributed by atoms with Gasteiger partial charge >= 0.3 is 0 Å². The van der Waals surface area contributed by atoms with Crippen LogP contribution in [0.4, 0.5) is 0 Å². The average molecular weight is 280 g/mol. The molecular formula is C16H32N4. The van der Waals surface area contributed by atoms with Gasteiger partial charge in [-0.15, -0.1) is 0 Å². The average Bonchev–Trinajstić information content (AvgIpc) is 2.84. The second-order valence-electron chi connectivity index (χ2n) is 5.75. The lowest BCUT2D eigenvalue weighted by Gasteiger charge is -2.20. The Bertz CT molecular complexity index is 371. The third kappa shape index (κ3) is 5.63. The maximum Gasteiger partial charge on any atom is 0.0625 e. The van der Waals surface area contributed by atoms with Crippen molar-refractivity contribution in [2.45, 2.75) is 66.1 Å². The zero-order chi connectivity index (χ0) is 15.0. The van der Waals surface area contributed by atoms with Gasteiger partial charge in [0.25, 0.3) is 0 Å². The molecule has 0 aliphatic rings. The predicted octanol–water partition coefficient (Wildman–Crippen LogP) is 2.68. The molecule has 0 fully saturated rings. The first kappa shape index (κ1) is 17.2. The topological polar surface area (TPSA) is 33.1 Å². The molecule has 1 aromatic rings. The molecule has 0 spiro atoms. The van der Waals surface area contributed by atoms with Crippen LogP contribution in [0.15, 0.2) is 6.07 Å². The summed E-state index contributed by atoms with van der Waals surface area (Å²) in [4.78, 5) is 2.40. The van der Waals surface area contributed by atoms with Gasteiger partial charge in [-0.3, -0.25) is 4.68 Å². The highest BCUT2D eigenvalue weighted by Crippen LogP contribution is 2.05. The maximum atomic E-state index is 4.57. The minimum absolute atomic E-state index is 0.648. The van der Waals surface area contributed by atoms with Crippen molar-refractivity contribution in [2.75, 3.05) is 20.1 Å². The molecule has 0 bridgehead atoms. The third-order valence-corrected chi connectivity index (χ3v) is 3.88. The van der Waals surface area contributed by atoms with Gasteiger partial charge in [0.1, 0.15) is 0 Å². The zero-order valence-electron chi connectivity index (χ0n) is 13.9. The fraction of sp³-hybridized carbons (Fsp3) is 0.812. The first-order valence-electron chi connectivity index (χ1n) is 8.05. The highest BCUT2D eigenvalue weighted by atomic mass is 15.3. The van der Waals surface area contributed by atoms with Gasteiger partial charge in [0.2, 0.25) is 0 Å². The van der Waals surface area contributed by atoms with E-state index >= 15 is 0 Å². The Kier molecular flexibility index (Phi) is 7.85. The van der Waals surface area contributed by atoms with E-state index in [4.69, 9.17) is 0 Å². The molecule has 0 saturated carbocycles. The van der Waals surface area contributed by atoms with Crippen molar-refractivity contribution in [3.63, 3.8) is 0 Å². The van der Waals surface area contributed by atoms with Crippen LogP contribution in [0.1, 0.15) is 51.9 Å². The third-order valence-electron chi connectivity index (χ3n) is 3.88. The van der Waals surface area contributed by atoms with Gasteiger partial charge in [-0.1, -0.05) is 6.92 Å². The summed E-state index contributed by atoms with van der Waals surface area (Å²) < 4.78 is 2.11. The van der Waals surface area contributed by atoms with Crippen LogP contribution < -0.4 is 5.32 Å². The Morgan fingerprint density at radius 2 is 2.05 bits per heavy atom. The Balaban J connectivity index is 2.19. The fourth-order valence-electron chi connectivity index (χ4n) is 2.19. The van der Waals surface area contributed by atoms with Crippen LogP contribution >= 0.6 is 0 Å². The van der Waals surface area contributed by atoms with E-state index < -0.39 is 0 Å². The molecule has 4 heteroatoms. The van der Waals surface area contributed by atoms with Gasteiger partial charge in [0.15, 0.2) is 0 Å². The Labute approximate surface area is 124 Å². The van der Waals surface area contributed by atoms with Gasteiger partial charge in [0.05, 0.1) is 11.4 Å². The van der Waals surface area contributed by atoms with Gasteiger partial charge in [-0.25, -0.2) is 0 Å². The number of aryl methyl sites for hydroxylation is 2. The zero-order valence-corrected chi connectivity index (χ0v) is 13.9. The van der Waals surface area contributed by atoms with Crippen molar-refractivity contribution < 1.29 is 0 Å². The first-order valence-corrected chi connectivity index (χ1v) is 8.05. The summed E-state index contributed by atoms with van der Waals surface area (Å²) in [7, 11) is 2.20. The summed E-state index contributed by atoms with van der Waals surface area (Å²) >= 11 is 0. The fourth-order valence-corrected chi connectivity index (χ4v) is 2.19. The van der Waals surface area contributed by atoms with E-state index in [9.17, 15) is 0 Å². The van der Waals surface area contributed by atoms with Crippen LogP contribution in [0.5, 0.6) is 0 Å². The van der Waals surface area contributed by atoms with E-state index in [1.165, 1.54) is 30.8 Å². The quantitative estimate of drug-likeness (QED) is 0.669. The number of unbranched alkanes of at least 4 members (excludes halogenated alkanes) is 1. The number of rotatable bonds is 10. The minimum atomic E-state index is 0.648. The molecule has 0 aliphatic carbocycles. The van der Waals surface area contributed by atoms with Crippen molar-refractivity contribution in [3.05, 3.63) is 17.5 Å². The minimum Gasteiger partial charge on any atom is -0.311 e. The van der Waals surface area contributed by atoms with E-state index in [0.717, 1.165) is 26.1 Å². The van der Waals surface area contributed by atoms with E-state index in [1.54, 1.807) is 0 Å². The van der Waals surface area contributed by atoms with E-state index in [2.05, 4.69) is 60.8 Å². The molecule has 1 aromatic heterocycles. The highest BCUT2D eigenvalue weighted by Gasteiger charge is 2.05. The molecule has 0 aromatic carbocycles. The lowest BCUT2D eigenvalue weighted by molar-refractivity contribution is 0.268. The smallest absolute Gasteiger partial charge is 0.0625 e. The number of hydrogen-bond acceptors (Lipinski definition) is 3. The van der Waals surface area contributed by atoms with Crippen molar-refractivity contribution in [3.8, 4) is 0 Å². The Morgan fingerprint density at radius 3 is 2.65 bits per heavy atom. The highest BCUT2D eigenvalue weighted by molar-refractivity contribution is 5.10. The second kappa shape index (κ2) is 9.14. The molecule has 1 heterocycles. The number of aromatic nitrogens is 2. The molecule has 0 unspecified atom stereocenters. The second-order valence-corrected chi connectivity index (χ2v) is 5.75. The summed E-state index contributed by atoms with van der Waals surface area (Å²) in [6.45, 7) is 13.0. The van der Waals surface area contributed by atoms with Crippen molar-refractivity contribution in [2.24, 2.45) is 0 Å². The largest absolute Gasteiger partial charge is 0.311 e. The molecule has 1 rings (SSSR count). The van der Waals surface area contributed by atoms with Gasteiger partial charge < -0.3 is 10.2 Å². The monoisotopic (exact) mass is 280 g/mol. The van der Waals surface area contributed by atoms with Crippen LogP contribution in [0.3, 0.4) is 0 Å². The molecule has 0 saturated heterocycles. The van der Waals surface area contributed by atoms with Crippen LogP contribution in [0.25, 0.3) is 0 Å². The van der Waals surface area contributed by atoms with E-state index in [1.807, 2.05) is 0 Å². The summed E-state index contributed by atoms with van der Waals surface area (Å²) in [6, 6.07) is 2.87. The summed E-state index contributed by atoms with van der Waals surface area (Å²) in [5.74, 6) is 0. The van der Waals surface area contributed by atoms with Crippen LogP contribution in [-0.2, 0) is 19.5 Å². The summed E-state index contributed by atoms with van der Waals surface area (Å²) in [6.07, 6.45) is 3.51. The summed E-state index contributed by atoms with van der Waals surface area (Å²) in [5.41, 5.74) is 2.51. The molecule has 116 valence electrons. The van der Waals surface area contributed by atoms with Crippen LogP contribution in [0, 0.1) is 0 Å². The van der Waals surface area contributed by atoms with E-state index in [-0.39, 0.29) is 0 Å². The first-order chi connectivity index (χ1) is 9.58. The summed E-state index contributed by atoms with van der Waals surface area (Å²) in [5, 5.41) is 8.11. The standard InChI is InChI=1S/C16H32N4/c1-6-15-12-16(20(7-2)18-15)13-17-10-8-9-11-19(5)14(3)4/h12,14,17H,6-11,13H2,1-5H3.